The zero-order valence-electron chi connectivity index (χ0n) is 8.65. The number of allylic oxidation sites excluding steroid dienone is 2. The van der Waals surface area contributed by atoms with Crippen molar-refractivity contribution in [3.63, 3.8) is 0 Å². The third kappa shape index (κ3) is 1.25. The topological polar surface area (TPSA) is 17.1 Å². The molecule has 0 heterocycles. The van der Waals surface area contributed by atoms with Crippen LogP contribution in [0, 0.1) is 5.41 Å². The van der Waals surface area contributed by atoms with E-state index in [9.17, 15) is 4.79 Å². The van der Waals surface area contributed by atoms with Crippen LogP contribution in [0.15, 0.2) is 11.1 Å². The molecule has 1 heteroatoms. The largest absolute Gasteiger partial charge is 0.295 e. The average molecular weight is 178 g/mol. The van der Waals surface area contributed by atoms with Crippen molar-refractivity contribution >= 4 is 5.78 Å². The summed E-state index contributed by atoms with van der Waals surface area (Å²) in [7, 11) is 0. The molecule has 0 amide bonds. The Morgan fingerprint density at radius 1 is 1.38 bits per heavy atom. The van der Waals surface area contributed by atoms with Crippen molar-refractivity contribution in [1.82, 2.24) is 0 Å². The van der Waals surface area contributed by atoms with Gasteiger partial charge in [0.2, 0.25) is 0 Å². The molecule has 0 fully saturated rings. The number of ketones is 1. The van der Waals surface area contributed by atoms with Gasteiger partial charge in [0.15, 0.2) is 5.78 Å². The van der Waals surface area contributed by atoms with Gasteiger partial charge in [0, 0.05) is 6.42 Å². The SMILES string of the molecule is CCCC1(C)CC(=O)C2=C1CCC2. The van der Waals surface area contributed by atoms with Crippen LogP contribution in [0.1, 0.15) is 52.4 Å². The molecule has 0 aromatic carbocycles. The van der Waals surface area contributed by atoms with E-state index in [1.807, 2.05) is 0 Å². The summed E-state index contributed by atoms with van der Waals surface area (Å²) in [5.41, 5.74) is 2.97. The first-order valence-electron chi connectivity index (χ1n) is 5.43. The maximum atomic E-state index is 11.7. The van der Waals surface area contributed by atoms with E-state index in [2.05, 4.69) is 13.8 Å². The van der Waals surface area contributed by atoms with Crippen LogP contribution in [0.2, 0.25) is 0 Å². The summed E-state index contributed by atoms with van der Waals surface area (Å²) in [4.78, 5) is 11.7. The molecule has 2 aliphatic rings. The minimum atomic E-state index is 0.248. The van der Waals surface area contributed by atoms with Gasteiger partial charge in [-0.25, -0.2) is 0 Å². The van der Waals surface area contributed by atoms with Gasteiger partial charge < -0.3 is 0 Å². The molecule has 1 nitrogen and oxygen atoms in total. The first kappa shape index (κ1) is 8.98. The van der Waals surface area contributed by atoms with Crippen LogP contribution >= 0.6 is 0 Å². The van der Waals surface area contributed by atoms with E-state index in [1.54, 1.807) is 0 Å². The van der Waals surface area contributed by atoms with Gasteiger partial charge in [-0.15, -0.1) is 0 Å². The summed E-state index contributed by atoms with van der Waals surface area (Å²) in [5, 5.41) is 0. The Morgan fingerprint density at radius 2 is 2.15 bits per heavy atom. The summed E-state index contributed by atoms with van der Waals surface area (Å²) >= 11 is 0. The normalized spacial score (nSPS) is 32.9. The van der Waals surface area contributed by atoms with E-state index in [-0.39, 0.29) is 5.41 Å². The molecule has 0 saturated heterocycles. The van der Waals surface area contributed by atoms with Gasteiger partial charge in [-0.2, -0.15) is 0 Å². The summed E-state index contributed by atoms with van der Waals surface area (Å²) in [5.74, 6) is 0.448. The molecule has 0 spiro atoms. The highest BCUT2D eigenvalue weighted by Crippen LogP contribution is 2.50. The second-order valence-electron chi connectivity index (χ2n) is 4.72. The fourth-order valence-electron chi connectivity index (χ4n) is 3.08. The van der Waals surface area contributed by atoms with Gasteiger partial charge in [-0.05, 0) is 36.7 Å². The fraction of sp³-hybridized carbons (Fsp3) is 0.750. The van der Waals surface area contributed by atoms with Gasteiger partial charge >= 0.3 is 0 Å². The van der Waals surface area contributed by atoms with E-state index in [0.717, 1.165) is 12.8 Å². The lowest BCUT2D eigenvalue weighted by atomic mass is 9.78. The van der Waals surface area contributed by atoms with E-state index in [4.69, 9.17) is 0 Å². The van der Waals surface area contributed by atoms with Gasteiger partial charge in [0.1, 0.15) is 0 Å². The quantitative estimate of drug-likeness (QED) is 0.634. The Balaban J connectivity index is 2.29. The van der Waals surface area contributed by atoms with Gasteiger partial charge in [0.25, 0.3) is 0 Å². The highest BCUT2D eigenvalue weighted by atomic mass is 16.1. The third-order valence-corrected chi connectivity index (χ3v) is 3.64. The van der Waals surface area contributed by atoms with E-state index < -0.39 is 0 Å². The number of hydrogen-bond acceptors (Lipinski definition) is 1. The lowest BCUT2D eigenvalue weighted by Gasteiger charge is -2.25. The Hall–Kier alpha value is -0.590. The minimum absolute atomic E-state index is 0.248. The molecular weight excluding hydrogens is 160 g/mol. The predicted molar refractivity (Wildman–Crippen MR) is 53.5 cm³/mol. The van der Waals surface area contributed by atoms with Crippen LogP contribution in [-0.4, -0.2) is 5.78 Å². The lowest BCUT2D eigenvalue weighted by Crippen LogP contribution is -2.16. The van der Waals surface area contributed by atoms with Crippen LogP contribution in [0.4, 0.5) is 0 Å². The Bertz CT molecular complexity index is 275. The summed E-state index contributed by atoms with van der Waals surface area (Å²) < 4.78 is 0. The van der Waals surface area contributed by atoms with Crippen molar-refractivity contribution in [2.45, 2.75) is 52.4 Å². The molecule has 72 valence electrons. The zero-order valence-corrected chi connectivity index (χ0v) is 8.65. The molecule has 2 rings (SSSR count). The standard InChI is InChI=1S/C12H18O/c1-3-7-12(2)8-11(13)9-5-4-6-10(9)12/h3-8H2,1-2H3. The molecule has 0 aromatic rings. The van der Waals surface area contributed by atoms with E-state index in [0.29, 0.717) is 5.78 Å². The zero-order chi connectivity index (χ0) is 9.47. The monoisotopic (exact) mass is 178 g/mol. The maximum Gasteiger partial charge on any atom is 0.159 e. The minimum Gasteiger partial charge on any atom is -0.295 e. The van der Waals surface area contributed by atoms with Gasteiger partial charge in [0.05, 0.1) is 0 Å². The Morgan fingerprint density at radius 3 is 2.85 bits per heavy atom. The van der Waals surface area contributed by atoms with Crippen LogP contribution < -0.4 is 0 Å². The van der Waals surface area contributed by atoms with Crippen molar-refractivity contribution in [3.8, 4) is 0 Å². The molecule has 0 radical (unpaired) electrons. The lowest BCUT2D eigenvalue weighted by molar-refractivity contribution is -0.116. The molecule has 13 heavy (non-hydrogen) atoms. The summed E-state index contributed by atoms with van der Waals surface area (Å²) in [6, 6.07) is 0. The van der Waals surface area contributed by atoms with Crippen LogP contribution in [-0.2, 0) is 4.79 Å². The second kappa shape index (κ2) is 2.97. The van der Waals surface area contributed by atoms with Crippen molar-refractivity contribution in [2.75, 3.05) is 0 Å². The van der Waals surface area contributed by atoms with E-state index in [1.165, 1.54) is 36.8 Å². The molecular formula is C12H18O. The van der Waals surface area contributed by atoms with Gasteiger partial charge in [-0.1, -0.05) is 25.8 Å². The van der Waals surface area contributed by atoms with Crippen LogP contribution in [0.25, 0.3) is 0 Å². The highest BCUT2D eigenvalue weighted by molar-refractivity contribution is 6.00. The predicted octanol–water partition coefficient (Wildman–Crippen LogP) is 3.25. The van der Waals surface area contributed by atoms with Crippen molar-refractivity contribution in [1.29, 1.82) is 0 Å². The highest BCUT2D eigenvalue weighted by Gasteiger charge is 2.42. The molecule has 0 saturated carbocycles. The summed E-state index contributed by atoms with van der Waals surface area (Å²) in [6.45, 7) is 4.49. The maximum absolute atomic E-state index is 11.7. The number of carbonyl (C=O) groups excluding carboxylic acids is 1. The molecule has 1 atom stereocenters. The molecule has 0 aromatic heterocycles. The van der Waals surface area contributed by atoms with Crippen LogP contribution in [0.5, 0.6) is 0 Å². The Labute approximate surface area is 80.2 Å². The summed E-state index contributed by atoms with van der Waals surface area (Å²) in [6.07, 6.45) is 6.66. The van der Waals surface area contributed by atoms with Crippen LogP contribution in [0.3, 0.4) is 0 Å². The number of carbonyl (C=O) groups is 1. The molecule has 1 unspecified atom stereocenters. The van der Waals surface area contributed by atoms with E-state index >= 15 is 0 Å². The second-order valence-corrected chi connectivity index (χ2v) is 4.72. The van der Waals surface area contributed by atoms with Gasteiger partial charge in [-0.3, -0.25) is 4.79 Å². The molecule has 0 N–H and O–H groups in total. The molecule has 0 aliphatic heterocycles. The number of hydrogen-bond donors (Lipinski definition) is 0. The van der Waals surface area contributed by atoms with Crippen molar-refractivity contribution in [2.24, 2.45) is 5.41 Å². The molecule has 0 bridgehead atoms. The van der Waals surface area contributed by atoms with Crippen molar-refractivity contribution < 1.29 is 4.79 Å². The number of rotatable bonds is 2. The van der Waals surface area contributed by atoms with Crippen molar-refractivity contribution in [3.05, 3.63) is 11.1 Å². The Kier molecular flexibility index (Phi) is 2.05. The first-order valence-corrected chi connectivity index (χ1v) is 5.43. The third-order valence-electron chi connectivity index (χ3n) is 3.64. The average Bonchev–Trinajstić information content (AvgIpc) is 2.58. The molecule has 2 aliphatic carbocycles. The first-order chi connectivity index (χ1) is 6.17. The number of Topliss-reactive ketones (excluding diaryl/α,β-unsaturated/α-hetero) is 1. The fourth-order valence-corrected chi connectivity index (χ4v) is 3.08. The smallest absolute Gasteiger partial charge is 0.159 e.